The summed E-state index contributed by atoms with van der Waals surface area (Å²) >= 11 is 3.40. The predicted octanol–water partition coefficient (Wildman–Crippen LogP) is 4.19. The number of nitrogens with zero attached hydrogens (tertiary/aromatic N) is 2. The van der Waals surface area contributed by atoms with Gasteiger partial charge in [0.05, 0.1) is 11.3 Å². The van der Waals surface area contributed by atoms with Crippen molar-refractivity contribution in [3.63, 3.8) is 0 Å². The molecule has 92 valence electrons. The van der Waals surface area contributed by atoms with Crippen molar-refractivity contribution >= 4 is 21.6 Å². The third-order valence-electron chi connectivity index (χ3n) is 2.57. The summed E-state index contributed by atoms with van der Waals surface area (Å²) in [5.74, 6) is 0.576. The van der Waals surface area contributed by atoms with Crippen LogP contribution in [0.2, 0.25) is 0 Å². The summed E-state index contributed by atoms with van der Waals surface area (Å²) in [6.07, 6.45) is 0. The van der Waals surface area contributed by atoms with Gasteiger partial charge in [0.1, 0.15) is 6.07 Å². The van der Waals surface area contributed by atoms with E-state index in [1.165, 1.54) is 0 Å². The molecule has 0 saturated carbocycles. The fourth-order valence-corrected chi connectivity index (χ4v) is 2.19. The second-order valence-electron chi connectivity index (χ2n) is 4.91. The van der Waals surface area contributed by atoms with E-state index < -0.39 is 0 Å². The van der Waals surface area contributed by atoms with Crippen LogP contribution in [0.25, 0.3) is 0 Å². The average molecular weight is 295 g/mol. The van der Waals surface area contributed by atoms with Crippen LogP contribution < -0.4 is 4.90 Å². The predicted molar refractivity (Wildman–Crippen MR) is 76.2 cm³/mol. The van der Waals surface area contributed by atoms with Gasteiger partial charge in [0.15, 0.2) is 0 Å². The number of nitriles is 1. The Kier molecular flexibility index (Phi) is 5.02. The minimum atomic E-state index is 0.394. The zero-order chi connectivity index (χ0) is 13.0. The highest BCUT2D eigenvalue weighted by atomic mass is 79.9. The molecule has 0 saturated heterocycles. The van der Waals surface area contributed by atoms with E-state index in [-0.39, 0.29) is 0 Å². The minimum absolute atomic E-state index is 0.394. The monoisotopic (exact) mass is 294 g/mol. The van der Waals surface area contributed by atoms with E-state index in [0.29, 0.717) is 12.0 Å². The molecule has 3 heteroatoms. The minimum Gasteiger partial charge on any atom is -0.368 e. The molecular weight excluding hydrogens is 276 g/mol. The van der Waals surface area contributed by atoms with Gasteiger partial charge in [-0.15, -0.1) is 0 Å². The van der Waals surface area contributed by atoms with Gasteiger partial charge in [-0.2, -0.15) is 5.26 Å². The standard InChI is InChI=1S/C14H19BrN2/c1-10(2)9-17(11(3)4)14-6-5-13(15)7-12(14)8-16/h5-7,10-11H,9H2,1-4H3. The Morgan fingerprint density at radius 1 is 1.29 bits per heavy atom. The Labute approximate surface area is 112 Å². The molecule has 0 amide bonds. The highest BCUT2D eigenvalue weighted by Crippen LogP contribution is 2.26. The van der Waals surface area contributed by atoms with Gasteiger partial charge < -0.3 is 4.90 Å². The molecule has 0 unspecified atom stereocenters. The molecular formula is C14H19BrN2. The van der Waals surface area contributed by atoms with Crippen LogP contribution >= 0.6 is 15.9 Å². The lowest BCUT2D eigenvalue weighted by molar-refractivity contribution is 0.570. The molecule has 0 N–H and O–H groups in total. The number of hydrogen-bond acceptors (Lipinski definition) is 2. The van der Waals surface area contributed by atoms with Crippen LogP contribution in [0.4, 0.5) is 5.69 Å². The fourth-order valence-electron chi connectivity index (χ4n) is 1.83. The smallest absolute Gasteiger partial charge is 0.101 e. The summed E-state index contributed by atoms with van der Waals surface area (Å²) in [5, 5.41) is 9.21. The number of benzene rings is 1. The highest BCUT2D eigenvalue weighted by Gasteiger charge is 2.15. The third-order valence-corrected chi connectivity index (χ3v) is 3.07. The van der Waals surface area contributed by atoms with E-state index >= 15 is 0 Å². The van der Waals surface area contributed by atoms with Crippen molar-refractivity contribution in [1.82, 2.24) is 0 Å². The lowest BCUT2D eigenvalue weighted by Gasteiger charge is -2.31. The molecule has 0 aliphatic carbocycles. The number of anilines is 1. The van der Waals surface area contributed by atoms with Crippen molar-refractivity contribution in [1.29, 1.82) is 5.26 Å². The summed E-state index contributed by atoms with van der Waals surface area (Å²) in [5.41, 5.74) is 1.76. The van der Waals surface area contributed by atoms with Crippen LogP contribution in [0.5, 0.6) is 0 Å². The van der Waals surface area contributed by atoms with Crippen molar-refractivity contribution in [2.24, 2.45) is 5.92 Å². The molecule has 0 radical (unpaired) electrons. The SMILES string of the molecule is CC(C)CN(c1ccc(Br)cc1C#N)C(C)C. The van der Waals surface area contributed by atoms with Crippen LogP contribution in [0, 0.1) is 17.2 Å². The first-order chi connectivity index (χ1) is 7.95. The summed E-state index contributed by atoms with van der Waals surface area (Å²) in [6.45, 7) is 9.67. The van der Waals surface area contributed by atoms with E-state index in [1.54, 1.807) is 0 Å². The molecule has 0 aliphatic heterocycles. The van der Waals surface area contributed by atoms with Crippen molar-refractivity contribution in [2.75, 3.05) is 11.4 Å². The molecule has 0 heterocycles. The molecule has 0 spiro atoms. The van der Waals surface area contributed by atoms with Gasteiger partial charge in [-0.1, -0.05) is 29.8 Å². The molecule has 1 aromatic carbocycles. The van der Waals surface area contributed by atoms with Gasteiger partial charge in [-0.3, -0.25) is 0 Å². The van der Waals surface area contributed by atoms with Crippen molar-refractivity contribution in [3.05, 3.63) is 28.2 Å². The summed E-state index contributed by atoms with van der Waals surface area (Å²) in [7, 11) is 0. The van der Waals surface area contributed by atoms with E-state index in [0.717, 1.165) is 22.3 Å². The van der Waals surface area contributed by atoms with Gasteiger partial charge in [0.25, 0.3) is 0 Å². The highest BCUT2D eigenvalue weighted by molar-refractivity contribution is 9.10. The maximum Gasteiger partial charge on any atom is 0.101 e. The molecule has 0 aliphatic rings. The van der Waals surface area contributed by atoms with Crippen LogP contribution in [0.15, 0.2) is 22.7 Å². The first kappa shape index (κ1) is 14.1. The zero-order valence-corrected chi connectivity index (χ0v) is 12.5. The van der Waals surface area contributed by atoms with Gasteiger partial charge in [0, 0.05) is 17.1 Å². The van der Waals surface area contributed by atoms with Crippen molar-refractivity contribution in [2.45, 2.75) is 33.7 Å². The maximum atomic E-state index is 9.21. The second-order valence-corrected chi connectivity index (χ2v) is 5.83. The Hall–Kier alpha value is -1.01. The summed E-state index contributed by atoms with van der Waals surface area (Å²) < 4.78 is 0.950. The lowest BCUT2D eigenvalue weighted by atomic mass is 10.1. The Bertz CT molecular complexity index is 419. The Balaban J connectivity index is 3.14. The fraction of sp³-hybridized carbons (Fsp3) is 0.500. The number of halogens is 1. The van der Waals surface area contributed by atoms with Crippen LogP contribution in [0.3, 0.4) is 0 Å². The quantitative estimate of drug-likeness (QED) is 0.832. The third kappa shape index (κ3) is 3.74. The van der Waals surface area contributed by atoms with Crippen LogP contribution in [0.1, 0.15) is 33.3 Å². The summed E-state index contributed by atoms with van der Waals surface area (Å²) in [4.78, 5) is 2.29. The molecule has 0 aromatic heterocycles. The number of hydrogen-bond donors (Lipinski definition) is 0. The molecule has 0 fully saturated rings. The van der Waals surface area contributed by atoms with Gasteiger partial charge in [-0.05, 0) is 38.0 Å². The lowest BCUT2D eigenvalue weighted by Crippen LogP contribution is -2.34. The molecule has 17 heavy (non-hydrogen) atoms. The first-order valence-electron chi connectivity index (χ1n) is 5.92. The van der Waals surface area contributed by atoms with E-state index in [2.05, 4.69) is 54.6 Å². The van der Waals surface area contributed by atoms with Gasteiger partial charge in [-0.25, -0.2) is 0 Å². The first-order valence-corrected chi connectivity index (χ1v) is 6.71. The zero-order valence-electron chi connectivity index (χ0n) is 10.9. The molecule has 1 aromatic rings. The normalized spacial score (nSPS) is 10.7. The maximum absolute atomic E-state index is 9.21. The topological polar surface area (TPSA) is 27.0 Å². The van der Waals surface area contributed by atoms with Crippen LogP contribution in [-0.4, -0.2) is 12.6 Å². The van der Waals surface area contributed by atoms with Crippen molar-refractivity contribution < 1.29 is 0 Å². The largest absolute Gasteiger partial charge is 0.368 e. The Morgan fingerprint density at radius 2 is 1.94 bits per heavy atom. The van der Waals surface area contributed by atoms with Crippen LogP contribution in [-0.2, 0) is 0 Å². The van der Waals surface area contributed by atoms with E-state index in [4.69, 9.17) is 0 Å². The van der Waals surface area contributed by atoms with Crippen molar-refractivity contribution in [3.8, 4) is 6.07 Å². The van der Waals surface area contributed by atoms with Gasteiger partial charge in [0.2, 0.25) is 0 Å². The second kappa shape index (κ2) is 6.07. The van der Waals surface area contributed by atoms with Gasteiger partial charge >= 0.3 is 0 Å². The Morgan fingerprint density at radius 3 is 2.41 bits per heavy atom. The molecule has 2 nitrogen and oxygen atoms in total. The average Bonchev–Trinajstić information content (AvgIpc) is 2.25. The molecule has 1 rings (SSSR count). The summed E-state index contributed by atoms with van der Waals surface area (Å²) in [6, 6.07) is 8.56. The van der Waals surface area contributed by atoms with E-state index in [9.17, 15) is 5.26 Å². The molecule has 0 bridgehead atoms. The van der Waals surface area contributed by atoms with E-state index in [1.807, 2.05) is 18.2 Å². The molecule has 0 atom stereocenters. The number of rotatable bonds is 4.